The number of carbonyl (C=O) groups is 2. The topological polar surface area (TPSA) is 121 Å². The fourth-order valence-corrected chi connectivity index (χ4v) is 5.41. The second kappa shape index (κ2) is 5.93. The van der Waals surface area contributed by atoms with Gasteiger partial charge in [0.2, 0.25) is 0 Å². The predicted octanol–water partition coefficient (Wildman–Crippen LogP) is 2.51. The molecule has 2 fully saturated rings. The van der Waals surface area contributed by atoms with Crippen LogP contribution in [0.1, 0.15) is 76.1 Å². The zero-order valence-corrected chi connectivity index (χ0v) is 16.2. The molecule has 2 aromatic rings. The summed E-state index contributed by atoms with van der Waals surface area (Å²) in [5.41, 5.74) is 5.04. The van der Waals surface area contributed by atoms with Gasteiger partial charge < -0.3 is 9.84 Å². The minimum Gasteiger partial charge on any atom is -0.476 e. The Balaban J connectivity index is 0.000000123. The van der Waals surface area contributed by atoms with Crippen LogP contribution in [0.4, 0.5) is 0 Å². The lowest BCUT2D eigenvalue weighted by Crippen LogP contribution is -2.08. The Morgan fingerprint density at radius 1 is 1.00 bits per heavy atom. The van der Waals surface area contributed by atoms with Crippen molar-refractivity contribution in [1.82, 2.24) is 20.4 Å². The molecule has 2 aromatic heterocycles. The first-order chi connectivity index (χ1) is 13.4. The highest BCUT2D eigenvalue weighted by Gasteiger charge is 2.56. The van der Waals surface area contributed by atoms with E-state index in [1.54, 1.807) is 0 Å². The molecule has 0 spiro atoms. The second-order valence-electron chi connectivity index (χ2n) is 8.46. The zero-order chi connectivity index (χ0) is 19.7. The normalized spacial score (nSPS) is 32.4. The van der Waals surface area contributed by atoms with Crippen LogP contribution in [0.15, 0.2) is 0 Å². The molecule has 8 heteroatoms. The fourth-order valence-electron chi connectivity index (χ4n) is 5.41. The molecular weight excluding hydrogens is 360 g/mol. The maximum atomic E-state index is 11.6. The average molecular weight is 384 g/mol. The van der Waals surface area contributed by atoms with Gasteiger partial charge in [0, 0.05) is 34.4 Å². The van der Waals surface area contributed by atoms with Gasteiger partial charge in [0.15, 0.2) is 11.4 Å². The number of nitrogens with one attached hydrogen (secondary N) is 2. The van der Waals surface area contributed by atoms with E-state index in [-0.39, 0.29) is 11.7 Å². The van der Waals surface area contributed by atoms with Gasteiger partial charge in [-0.25, -0.2) is 9.59 Å². The molecule has 0 radical (unpaired) electrons. The van der Waals surface area contributed by atoms with Gasteiger partial charge in [-0.1, -0.05) is 13.8 Å². The van der Waals surface area contributed by atoms with Gasteiger partial charge in [0.25, 0.3) is 0 Å². The van der Waals surface area contributed by atoms with Crippen LogP contribution in [-0.2, 0) is 17.6 Å². The van der Waals surface area contributed by atoms with Crippen molar-refractivity contribution in [2.45, 2.75) is 45.4 Å². The molecule has 0 unspecified atom stereocenters. The third-order valence-electron chi connectivity index (χ3n) is 7.14. The van der Waals surface area contributed by atoms with Crippen LogP contribution in [0.25, 0.3) is 0 Å². The van der Waals surface area contributed by atoms with Gasteiger partial charge >= 0.3 is 11.9 Å². The van der Waals surface area contributed by atoms with Gasteiger partial charge in [-0.2, -0.15) is 10.2 Å². The summed E-state index contributed by atoms with van der Waals surface area (Å²) in [7, 11) is 0. The molecule has 0 amide bonds. The van der Waals surface area contributed by atoms with Gasteiger partial charge in [-0.3, -0.25) is 10.2 Å². The summed E-state index contributed by atoms with van der Waals surface area (Å²) in [6.07, 6.45) is 1.89. The summed E-state index contributed by atoms with van der Waals surface area (Å²) in [5, 5.41) is 22.6. The number of esters is 1. The lowest BCUT2D eigenvalue weighted by atomic mass is 10.1. The molecule has 4 aliphatic carbocycles. The van der Waals surface area contributed by atoms with Crippen molar-refractivity contribution in [3.8, 4) is 0 Å². The number of carboxylic acid groups (broad SMARTS) is 1. The van der Waals surface area contributed by atoms with E-state index in [0.29, 0.717) is 30.1 Å². The molecule has 6 rings (SSSR count). The van der Waals surface area contributed by atoms with Crippen LogP contribution < -0.4 is 0 Å². The first-order valence-corrected chi connectivity index (χ1v) is 9.98. The van der Waals surface area contributed by atoms with Crippen molar-refractivity contribution in [1.29, 1.82) is 0 Å². The van der Waals surface area contributed by atoms with Crippen LogP contribution in [0.5, 0.6) is 0 Å². The molecule has 2 heterocycles. The molecule has 0 saturated heterocycles. The number of aromatic amines is 2. The van der Waals surface area contributed by atoms with E-state index in [0.717, 1.165) is 47.4 Å². The lowest BCUT2D eigenvalue weighted by Gasteiger charge is -2.01. The number of hydrogen-bond donors (Lipinski definition) is 3. The zero-order valence-electron chi connectivity index (χ0n) is 16.2. The van der Waals surface area contributed by atoms with Crippen LogP contribution in [0.2, 0.25) is 0 Å². The van der Waals surface area contributed by atoms with Gasteiger partial charge in [0.05, 0.1) is 6.61 Å². The minimum atomic E-state index is -0.911. The van der Waals surface area contributed by atoms with Crippen molar-refractivity contribution >= 4 is 11.9 Å². The Morgan fingerprint density at radius 3 is 2.00 bits per heavy atom. The SMILES string of the molecule is CCOC(=O)c1n[nH]c2c1C[C@H]1[C@H](C)[C@@H]21.C[C@H]1[C@@H]2Cc3c(C(=O)O)n[nH]c3[C@H]12. The number of aromatic nitrogens is 4. The van der Waals surface area contributed by atoms with Crippen molar-refractivity contribution in [3.63, 3.8) is 0 Å². The molecule has 8 nitrogen and oxygen atoms in total. The summed E-state index contributed by atoms with van der Waals surface area (Å²) in [6, 6.07) is 0. The van der Waals surface area contributed by atoms with Gasteiger partial charge in [-0.15, -0.1) is 0 Å². The van der Waals surface area contributed by atoms with Crippen molar-refractivity contribution in [2.75, 3.05) is 6.61 Å². The smallest absolute Gasteiger partial charge is 0.359 e. The van der Waals surface area contributed by atoms with E-state index in [1.165, 1.54) is 5.69 Å². The fraction of sp³-hybridized carbons (Fsp3) is 0.600. The number of fused-ring (bicyclic) bond motifs is 6. The van der Waals surface area contributed by atoms with Crippen molar-refractivity contribution < 1.29 is 19.4 Å². The van der Waals surface area contributed by atoms with E-state index in [1.807, 2.05) is 6.92 Å². The van der Waals surface area contributed by atoms with Crippen LogP contribution in [0, 0.1) is 23.7 Å². The molecule has 2 saturated carbocycles. The predicted molar refractivity (Wildman–Crippen MR) is 98.3 cm³/mol. The molecule has 0 bridgehead atoms. The average Bonchev–Trinajstić information content (AvgIpc) is 3.15. The summed E-state index contributed by atoms with van der Waals surface area (Å²) in [6.45, 7) is 6.68. The van der Waals surface area contributed by atoms with Crippen LogP contribution in [0.3, 0.4) is 0 Å². The van der Waals surface area contributed by atoms with E-state index in [2.05, 4.69) is 34.2 Å². The monoisotopic (exact) mass is 384 g/mol. The van der Waals surface area contributed by atoms with E-state index >= 15 is 0 Å². The summed E-state index contributed by atoms with van der Waals surface area (Å²) in [4.78, 5) is 22.3. The largest absolute Gasteiger partial charge is 0.476 e. The number of carbonyl (C=O) groups excluding carboxylic acids is 1. The standard InChI is InChI=1S/C11H14N2O2.C9H10N2O2/c1-3-15-11(14)10-7-4-6-5(2)8(6)9(7)12-13-10;1-3-4-2-5-7(6(3)4)10-11-8(5)9(12)13/h5-6,8H,3-4H2,1-2H3,(H,12,13);3-4,6H,2H2,1H3,(H,10,11)(H,12,13)/t5-,6-,8+;3-,4-,6+/m00/s1. The van der Waals surface area contributed by atoms with Gasteiger partial charge in [0.1, 0.15) is 0 Å². The molecular formula is C20H24N4O4. The first-order valence-electron chi connectivity index (χ1n) is 9.98. The Hall–Kier alpha value is -2.64. The number of hydrogen-bond acceptors (Lipinski definition) is 5. The molecule has 4 aliphatic rings. The van der Waals surface area contributed by atoms with E-state index < -0.39 is 5.97 Å². The number of H-pyrrole nitrogens is 2. The van der Waals surface area contributed by atoms with Crippen LogP contribution >= 0.6 is 0 Å². The quantitative estimate of drug-likeness (QED) is 0.699. The molecule has 6 atom stereocenters. The number of carboxylic acids is 1. The molecule has 148 valence electrons. The van der Waals surface area contributed by atoms with Gasteiger partial charge in [-0.05, 0) is 43.4 Å². The van der Waals surface area contributed by atoms with Crippen molar-refractivity contribution in [2.24, 2.45) is 23.7 Å². The van der Waals surface area contributed by atoms with Crippen molar-refractivity contribution in [3.05, 3.63) is 33.9 Å². The maximum absolute atomic E-state index is 11.6. The Kier molecular flexibility index (Phi) is 3.70. The highest BCUT2D eigenvalue weighted by Crippen LogP contribution is 2.61. The third kappa shape index (κ3) is 2.36. The number of rotatable bonds is 3. The Morgan fingerprint density at radius 2 is 1.50 bits per heavy atom. The highest BCUT2D eigenvalue weighted by molar-refractivity contribution is 5.89. The first kappa shape index (κ1) is 17.5. The second-order valence-corrected chi connectivity index (χ2v) is 8.46. The number of aromatic carboxylic acids is 1. The molecule has 3 N–H and O–H groups in total. The molecule has 28 heavy (non-hydrogen) atoms. The third-order valence-corrected chi connectivity index (χ3v) is 7.14. The summed E-state index contributed by atoms with van der Waals surface area (Å²) < 4.78 is 4.97. The molecule has 0 aromatic carbocycles. The number of ether oxygens (including phenoxy) is 1. The summed E-state index contributed by atoms with van der Waals surface area (Å²) >= 11 is 0. The lowest BCUT2D eigenvalue weighted by molar-refractivity contribution is 0.0517. The maximum Gasteiger partial charge on any atom is 0.359 e. The summed E-state index contributed by atoms with van der Waals surface area (Å²) in [5.74, 6) is 2.88. The van der Waals surface area contributed by atoms with E-state index in [9.17, 15) is 9.59 Å². The minimum absolute atomic E-state index is 0.231. The van der Waals surface area contributed by atoms with E-state index in [4.69, 9.17) is 9.84 Å². The van der Waals surface area contributed by atoms with Crippen LogP contribution in [-0.4, -0.2) is 44.0 Å². The highest BCUT2D eigenvalue weighted by atomic mass is 16.5. The molecule has 0 aliphatic heterocycles. The Labute approximate surface area is 162 Å². The number of nitrogens with zero attached hydrogens (tertiary/aromatic N) is 2. The Bertz CT molecular complexity index is 977.